The quantitative estimate of drug-likeness (QED) is 0.217. The van der Waals surface area contributed by atoms with Gasteiger partial charge in [-0.1, -0.05) is 30.3 Å². The summed E-state index contributed by atoms with van der Waals surface area (Å²) in [5.74, 6) is -0.164. The second-order valence-electron chi connectivity index (χ2n) is 8.26. The Morgan fingerprint density at radius 1 is 1.03 bits per heavy atom. The number of aromatic nitrogens is 2. The Morgan fingerprint density at radius 2 is 1.84 bits per heavy atom. The first-order chi connectivity index (χ1) is 18.3. The molecular weight excluding hydrogens is 498 g/mol. The van der Waals surface area contributed by atoms with Crippen LogP contribution in [0.4, 0.5) is 29.1 Å². The Bertz CT molecular complexity index is 1480. The molecule has 0 saturated heterocycles. The van der Waals surface area contributed by atoms with Gasteiger partial charge in [0.15, 0.2) is 5.82 Å². The van der Waals surface area contributed by atoms with Gasteiger partial charge in [0.05, 0.1) is 40.8 Å². The summed E-state index contributed by atoms with van der Waals surface area (Å²) >= 11 is 0. The van der Waals surface area contributed by atoms with E-state index in [2.05, 4.69) is 21.4 Å². The molecule has 0 radical (unpaired) electrons. The summed E-state index contributed by atoms with van der Waals surface area (Å²) in [5, 5.41) is 12.6. The van der Waals surface area contributed by atoms with Gasteiger partial charge in [-0.15, -0.1) is 0 Å². The number of halogens is 4. The summed E-state index contributed by atoms with van der Waals surface area (Å²) in [5.41, 5.74) is 1.04. The summed E-state index contributed by atoms with van der Waals surface area (Å²) in [7, 11) is 0. The van der Waals surface area contributed by atoms with E-state index in [9.17, 15) is 27.6 Å². The molecule has 2 aromatic carbocycles. The van der Waals surface area contributed by atoms with Crippen LogP contribution in [-0.4, -0.2) is 22.9 Å². The number of anilines is 2. The average Bonchev–Trinajstić information content (AvgIpc) is 2.91. The summed E-state index contributed by atoms with van der Waals surface area (Å²) in [6, 6.07) is 20.2. The third kappa shape index (κ3) is 6.13. The molecule has 1 amide bonds. The van der Waals surface area contributed by atoms with E-state index in [1.165, 1.54) is 24.4 Å². The van der Waals surface area contributed by atoms with Gasteiger partial charge in [0.25, 0.3) is 0 Å². The molecule has 4 aromatic rings. The molecule has 38 heavy (non-hydrogen) atoms. The maximum atomic E-state index is 13.6. The number of hydrogen-bond donors (Lipinski definition) is 1. The normalized spacial score (nSPS) is 11.0. The van der Waals surface area contributed by atoms with Crippen molar-refractivity contribution in [1.82, 2.24) is 9.97 Å². The number of nitrogens with one attached hydrogen (secondary N) is 1. The number of amides is 1. The lowest BCUT2D eigenvalue weighted by molar-refractivity contribution is -0.138. The maximum Gasteiger partial charge on any atom is 0.418 e. The van der Waals surface area contributed by atoms with Gasteiger partial charge in [0.1, 0.15) is 5.82 Å². The van der Waals surface area contributed by atoms with E-state index in [-0.39, 0.29) is 29.6 Å². The van der Waals surface area contributed by atoms with Crippen LogP contribution in [0.5, 0.6) is 0 Å². The fourth-order valence-corrected chi connectivity index (χ4v) is 3.95. The molecule has 0 aliphatic heterocycles. The van der Waals surface area contributed by atoms with Crippen molar-refractivity contribution in [3.05, 3.63) is 107 Å². The lowest BCUT2D eigenvalue weighted by Gasteiger charge is -2.23. The molecule has 0 spiro atoms. The number of nitriles is 1. The zero-order chi connectivity index (χ0) is 27.1. The van der Waals surface area contributed by atoms with E-state index in [0.29, 0.717) is 29.7 Å². The van der Waals surface area contributed by atoms with Gasteiger partial charge in [-0.05, 0) is 54.4 Å². The van der Waals surface area contributed by atoms with Gasteiger partial charge in [-0.3, -0.25) is 9.78 Å². The fourth-order valence-electron chi connectivity index (χ4n) is 3.95. The van der Waals surface area contributed by atoms with Gasteiger partial charge < -0.3 is 10.2 Å². The van der Waals surface area contributed by atoms with Crippen molar-refractivity contribution in [3.8, 4) is 17.3 Å². The predicted molar refractivity (Wildman–Crippen MR) is 134 cm³/mol. The first-order valence-electron chi connectivity index (χ1n) is 11.5. The van der Waals surface area contributed by atoms with E-state index in [4.69, 9.17) is 0 Å². The topological polar surface area (TPSA) is 81.9 Å². The van der Waals surface area contributed by atoms with Gasteiger partial charge in [0, 0.05) is 18.3 Å². The molecule has 2 heterocycles. The van der Waals surface area contributed by atoms with Crippen molar-refractivity contribution >= 4 is 17.9 Å². The van der Waals surface area contributed by atoms with Gasteiger partial charge in [-0.2, -0.15) is 18.4 Å². The van der Waals surface area contributed by atoms with E-state index in [1.54, 1.807) is 48.5 Å². The molecule has 0 bridgehead atoms. The molecule has 0 atom stereocenters. The van der Waals surface area contributed by atoms with Crippen molar-refractivity contribution in [2.45, 2.75) is 19.1 Å². The Labute approximate surface area is 216 Å². The fraction of sp³-hybridized carbons (Fsp3) is 0.143. The van der Waals surface area contributed by atoms with Crippen molar-refractivity contribution in [1.29, 1.82) is 5.26 Å². The molecule has 1 N–H and O–H groups in total. The van der Waals surface area contributed by atoms with E-state index in [1.807, 2.05) is 0 Å². The number of carbonyl (C=O) groups is 1. The SMILES string of the molecule is N#Cc1ccccc1-c1ccc(N(C=O)Cc2ncccc2C(F)(F)F)c(NCCc2cccc(F)c2)n1. The molecule has 2 aromatic heterocycles. The molecule has 0 unspecified atom stereocenters. The number of carbonyl (C=O) groups excluding carboxylic acids is 1. The Balaban J connectivity index is 1.70. The lowest BCUT2D eigenvalue weighted by atomic mass is 10.0. The molecule has 0 saturated carbocycles. The van der Waals surface area contributed by atoms with E-state index in [0.717, 1.165) is 16.5 Å². The van der Waals surface area contributed by atoms with Gasteiger partial charge in [-0.25, -0.2) is 9.37 Å². The number of nitrogens with zero attached hydrogens (tertiary/aromatic N) is 4. The molecular formula is C28H21F4N5O. The zero-order valence-electron chi connectivity index (χ0n) is 19.9. The van der Waals surface area contributed by atoms with Crippen molar-refractivity contribution in [2.24, 2.45) is 0 Å². The van der Waals surface area contributed by atoms with Gasteiger partial charge >= 0.3 is 6.18 Å². The van der Waals surface area contributed by atoms with Gasteiger partial charge in [0.2, 0.25) is 6.41 Å². The molecule has 0 aliphatic carbocycles. The summed E-state index contributed by atoms with van der Waals surface area (Å²) in [4.78, 5) is 21.6. The standard InChI is InChI=1S/C28H21F4N5O/c29-21-7-3-5-19(15-21)12-14-35-27-26(11-10-24(36-27)22-8-2-1-6-20(22)16-33)37(18-38)17-25-23(28(30,31)32)9-4-13-34-25/h1-11,13,15,18H,12,14,17H2,(H,35,36). The van der Waals surface area contributed by atoms with Crippen LogP contribution < -0.4 is 10.2 Å². The molecule has 192 valence electrons. The first kappa shape index (κ1) is 26.3. The zero-order valence-corrected chi connectivity index (χ0v) is 19.9. The minimum Gasteiger partial charge on any atom is -0.368 e. The Kier molecular flexibility index (Phi) is 7.97. The van der Waals surface area contributed by atoms with Crippen LogP contribution in [0, 0.1) is 17.1 Å². The monoisotopic (exact) mass is 519 g/mol. The van der Waals surface area contributed by atoms with Crippen LogP contribution in [0.25, 0.3) is 11.3 Å². The molecule has 4 rings (SSSR count). The minimum absolute atomic E-state index is 0.211. The molecule has 0 aliphatic rings. The van der Waals surface area contributed by atoms with Crippen molar-refractivity contribution < 1.29 is 22.4 Å². The maximum absolute atomic E-state index is 13.6. The van der Waals surface area contributed by atoms with Crippen LogP contribution in [0.2, 0.25) is 0 Å². The van der Waals surface area contributed by atoms with Crippen LogP contribution in [0.1, 0.15) is 22.4 Å². The van der Waals surface area contributed by atoms with Crippen molar-refractivity contribution in [3.63, 3.8) is 0 Å². The second-order valence-corrected chi connectivity index (χ2v) is 8.26. The lowest BCUT2D eigenvalue weighted by Crippen LogP contribution is -2.25. The highest BCUT2D eigenvalue weighted by Gasteiger charge is 2.34. The number of alkyl halides is 3. The Hall–Kier alpha value is -4.78. The largest absolute Gasteiger partial charge is 0.418 e. The Morgan fingerprint density at radius 3 is 2.58 bits per heavy atom. The highest BCUT2D eigenvalue weighted by atomic mass is 19.4. The number of hydrogen-bond acceptors (Lipinski definition) is 5. The van der Waals surface area contributed by atoms with Crippen molar-refractivity contribution in [2.75, 3.05) is 16.8 Å². The van der Waals surface area contributed by atoms with Crippen LogP contribution in [-0.2, 0) is 23.9 Å². The number of rotatable bonds is 9. The van der Waals surface area contributed by atoms with Crippen LogP contribution in [0.15, 0.2) is 79.0 Å². The molecule has 6 nitrogen and oxygen atoms in total. The highest BCUT2D eigenvalue weighted by Crippen LogP contribution is 2.34. The smallest absolute Gasteiger partial charge is 0.368 e. The summed E-state index contributed by atoms with van der Waals surface area (Å²) in [6.07, 6.45) is -2.59. The van der Waals surface area contributed by atoms with Crippen LogP contribution in [0.3, 0.4) is 0 Å². The summed E-state index contributed by atoms with van der Waals surface area (Å²) in [6.45, 7) is -0.162. The predicted octanol–water partition coefficient (Wildman–Crippen LogP) is 5.99. The number of benzene rings is 2. The van der Waals surface area contributed by atoms with Crippen LogP contribution >= 0.6 is 0 Å². The highest BCUT2D eigenvalue weighted by molar-refractivity contribution is 5.83. The third-order valence-corrected chi connectivity index (χ3v) is 5.74. The average molecular weight is 520 g/mol. The third-order valence-electron chi connectivity index (χ3n) is 5.74. The summed E-state index contributed by atoms with van der Waals surface area (Å²) < 4.78 is 54.2. The minimum atomic E-state index is -4.65. The van der Waals surface area contributed by atoms with E-state index >= 15 is 0 Å². The molecule has 10 heteroatoms. The molecule has 0 fully saturated rings. The first-order valence-corrected chi connectivity index (χ1v) is 11.5. The van der Waals surface area contributed by atoms with E-state index < -0.39 is 18.3 Å². The second kappa shape index (κ2) is 11.5. The number of pyridine rings is 2.